The zero-order chi connectivity index (χ0) is 15.8. The van der Waals surface area contributed by atoms with E-state index in [4.69, 9.17) is 15.2 Å². The van der Waals surface area contributed by atoms with Gasteiger partial charge < -0.3 is 20.5 Å². The predicted octanol–water partition coefficient (Wildman–Crippen LogP) is 3.30. The fourth-order valence-electron chi connectivity index (χ4n) is 2.84. The highest BCUT2D eigenvalue weighted by molar-refractivity contribution is 4.61. The first-order valence-electron chi connectivity index (χ1n) is 8.74. The third kappa shape index (κ3) is 13.2. The summed E-state index contributed by atoms with van der Waals surface area (Å²) in [5.41, 5.74) is 5.47. The molecule has 0 saturated carbocycles. The molecule has 0 spiro atoms. The largest absolute Gasteiger partial charge is 0.356 e. The van der Waals surface area contributed by atoms with Crippen LogP contribution < -0.4 is 11.1 Å². The number of unbranched alkanes of at least 4 members (excludes halogenated alkanes) is 2. The normalized spacial score (nSPS) is 13.0. The van der Waals surface area contributed by atoms with Crippen molar-refractivity contribution in [1.82, 2.24) is 5.32 Å². The Kier molecular flexibility index (Phi) is 16.1. The molecule has 4 nitrogen and oxygen atoms in total. The molecule has 0 aliphatic heterocycles. The van der Waals surface area contributed by atoms with Crippen LogP contribution in [0.3, 0.4) is 0 Å². The lowest BCUT2D eigenvalue weighted by Gasteiger charge is -2.17. The van der Waals surface area contributed by atoms with Gasteiger partial charge in [-0.1, -0.05) is 39.0 Å². The molecule has 3 N–H and O–H groups in total. The average Bonchev–Trinajstić information content (AvgIpc) is 2.50. The van der Waals surface area contributed by atoms with Gasteiger partial charge in [0.25, 0.3) is 0 Å². The lowest BCUT2D eigenvalue weighted by molar-refractivity contribution is -0.107. The van der Waals surface area contributed by atoms with Gasteiger partial charge in [0.15, 0.2) is 6.29 Å². The molecule has 4 heteroatoms. The maximum absolute atomic E-state index is 5.47. The van der Waals surface area contributed by atoms with Gasteiger partial charge >= 0.3 is 0 Å². The lowest BCUT2D eigenvalue weighted by Crippen LogP contribution is -2.23. The van der Waals surface area contributed by atoms with Crippen LogP contribution in [0.2, 0.25) is 0 Å². The van der Waals surface area contributed by atoms with Crippen LogP contribution in [0.15, 0.2) is 0 Å². The Bertz CT molecular complexity index is 199. The van der Waals surface area contributed by atoms with E-state index in [9.17, 15) is 0 Å². The molecule has 0 aromatic rings. The van der Waals surface area contributed by atoms with Gasteiger partial charge in [-0.25, -0.2) is 0 Å². The molecule has 0 radical (unpaired) electrons. The molecule has 0 aromatic carbocycles. The van der Waals surface area contributed by atoms with Crippen LogP contribution in [0.5, 0.6) is 0 Å². The Morgan fingerprint density at radius 3 is 2.14 bits per heavy atom. The van der Waals surface area contributed by atoms with Crippen molar-refractivity contribution < 1.29 is 9.47 Å². The Morgan fingerprint density at radius 2 is 1.52 bits per heavy atom. The summed E-state index contributed by atoms with van der Waals surface area (Å²) in [6, 6.07) is 0. The maximum atomic E-state index is 5.47. The topological polar surface area (TPSA) is 56.5 Å². The van der Waals surface area contributed by atoms with Crippen molar-refractivity contribution in [2.75, 3.05) is 33.9 Å². The molecule has 0 bridgehead atoms. The van der Waals surface area contributed by atoms with E-state index in [0.29, 0.717) is 0 Å². The minimum Gasteiger partial charge on any atom is -0.356 e. The van der Waals surface area contributed by atoms with E-state index in [1.807, 2.05) is 0 Å². The minimum absolute atomic E-state index is 0.0231. The van der Waals surface area contributed by atoms with Crippen LogP contribution in [0.1, 0.15) is 64.7 Å². The van der Waals surface area contributed by atoms with Crippen LogP contribution in [0.25, 0.3) is 0 Å². The SMILES string of the molecule is CCCC(CCCCCC(OC)OC)CCCNCCN. The number of methoxy groups -OCH3 is 2. The molecule has 1 unspecified atom stereocenters. The van der Waals surface area contributed by atoms with Gasteiger partial charge in [-0.2, -0.15) is 0 Å². The fraction of sp³-hybridized carbons (Fsp3) is 1.00. The zero-order valence-corrected chi connectivity index (χ0v) is 14.5. The highest BCUT2D eigenvalue weighted by Gasteiger charge is 2.08. The summed E-state index contributed by atoms with van der Waals surface area (Å²) in [7, 11) is 3.42. The Balaban J connectivity index is 3.59. The van der Waals surface area contributed by atoms with E-state index in [1.54, 1.807) is 14.2 Å². The molecule has 0 aliphatic rings. The van der Waals surface area contributed by atoms with E-state index in [0.717, 1.165) is 32.0 Å². The van der Waals surface area contributed by atoms with Crippen molar-refractivity contribution in [3.8, 4) is 0 Å². The molecule has 0 amide bonds. The van der Waals surface area contributed by atoms with Crippen LogP contribution in [0, 0.1) is 5.92 Å². The number of nitrogens with two attached hydrogens (primary N) is 1. The molecular formula is C17H38N2O2. The molecule has 0 saturated heterocycles. The van der Waals surface area contributed by atoms with Crippen LogP contribution in [-0.2, 0) is 9.47 Å². The van der Waals surface area contributed by atoms with E-state index >= 15 is 0 Å². The van der Waals surface area contributed by atoms with Gasteiger partial charge in [0, 0.05) is 27.3 Å². The Labute approximate surface area is 132 Å². The summed E-state index contributed by atoms with van der Waals surface area (Å²) in [5, 5.41) is 3.38. The number of nitrogens with one attached hydrogen (secondary N) is 1. The van der Waals surface area contributed by atoms with E-state index in [2.05, 4.69) is 12.2 Å². The monoisotopic (exact) mass is 302 g/mol. The Morgan fingerprint density at radius 1 is 0.857 bits per heavy atom. The maximum Gasteiger partial charge on any atom is 0.156 e. The number of ether oxygens (including phenoxy) is 2. The van der Waals surface area contributed by atoms with Crippen molar-refractivity contribution in [2.45, 2.75) is 71.0 Å². The number of rotatable bonds is 16. The third-order valence-corrected chi connectivity index (χ3v) is 4.06. The van der Waals surface area contributed by atoms with Gasteiger partial charge in [0.2, 0.25) is 0 Å². The van der Waals surface area contributed by atoms with Gasteiger partial charge in [-0.3, -0.25) is 0 Å². The van der Waals surface area contributed by atoms with Crippen molar-refractivity contribution >= 4 is 0 Å². The van der Waals surface area contributed by atoms with Crippen molar-refractivity contribution in [1.29, 1.82) is 0 Å². The van der Waals surface area contributed by atoms with E-state index in [-0.39, 0.29) is 6.29 Å². The van der Waals surface area contributed by atoms with Crippen LogP contribution in [-0.4, -0.2) is 40.1 Å². The smallest absolute Gasteiger partial charge is 0.156 e. The quantitative estimate of drug-likeness (QED) is 0.339. The van der Waals surface area contributed by atoms with E-state index < -0.39 is 0 Å². The summed E-state index contributed by atoms with van der Waals surface area (Å²) in [4.78, 5) is 0. The molecule has 0 rings (SSSR count). The third-order valence-electron chi connectivity index (χ3n) is 4.06. The molecule has 0 aliphatic carbocycles. The summed E-state index contributed by atoms with van der Waals surface area (Å²) < 4.78 is 10.4. The highest BCUT2D eigenvalue weighted by Crippen LogP contribution is 2.21. The molecule has 0 fully saturated rings. The molecule has 0 aromatic heterocycles. The molecule has 0 heterocycles. The van der Waals surface area contributed by atoms with Gasteiger partial charge in [-0.05, 0) is 38.1 Å². The van der Waals surface area contributed by atoms with Crippen molar-refractivity contribution in [2.24, 2.45) is 11.7 Å². The second kappa shape index (κ2) is 16.2. The molecule has 128 valence electrons. The second-order valence-corrected chi connectivity index (χ2v) is 5.87. The van der Waals surface area contributed by atoms with Crippen molar-refractivity contribution in [3.63, 3.8) is 0 Å². The zero-order valence-electron chi connectivity index (χ0n) is 14.5. The van der Waals surface area contributed by atoms with Gasteiger partial charge in [0.1, 0.15) is 0 Å². The van der Waals surface area contributed by atoms with Gasteiger partial charge in [-0.15, -0.1) is 0 Å². The molecular weight excluding hydrogens is 264 g/mol. The Hall–Kier alpha value is -0.160. The fourth-order valence-corrected chi connectivity index (χ4v) is 2.84. The second-order valence-electron chi connectivity index (χ2n) is 5.87. The molecule has 1 atom stereocenters. The van der Waals surface area contributed by atoms with Crippen molar-refractivity contribution in [3.05, 3.63) is 0 Å². The van der Waals surface area contributed by atoms with Crippen LogP contribution >= 0.6 is 0 Å². The number of hydrogen-bond donors (Lipinski definition) is 2. The highest BCUT2D eigenvalue weighted by atomic mass is 16.7. The van der Waals surface area contributed by atoms with Crippen LogP contribution in [0.4, 0.5) is 0 Å². The first-order chi connectivity index (χ1) is 10.3. The number of hydrogen-bond acceptors (Lipinski definition) is 4. The summed E-state index contributed by atoms with van der Waals surface area (Å²) in [6.45, 7) is 5.09. The first kappa shape index (κ1) is 20.8. The predicted molar refractivity (Wildman–Crippen MR) is 90.4 cm³/mol. The summed E-state index contributed by atoms with van der Waals surface area (Å²) >= 11 is 0. The lowest BCUT2D eigenvalue weighted by atomic mass is 9.92. The summed E-state index contributed by atoms with van der Waals surface area (Å²) in [6.07, 6.45) is 11.5. The standard InChI is InChI=1S/C17H38N2O2/c1-4-9-16(11-8-14-19-15-13-18)10-6-5-7-12-17(20-2)21-3/h16-17,19H,4-15,18H2,1-3H3. The molecule has 21 heavy (non-hydrogen) atoms. The first-order valence-corrected chi connectivity index (χ1v) is 8.74. The minimum atomic E-state index is -0.0231. The average molecular weight is 303 g/mol. The van der Waals surface area contributed by atoms with Gasteiger partial charge in [0.05, 0.1) is 0 Å². The summed E-state index contributed by atoms with van der Waals surface area (Å²) in [5.74, 6) is 0.898. The van der Waals surface area contributed by atoms with E-state index in [1.165, 1.54) is 51.4 Å².